The van der Waals surface area contributed by atoms with E-state index in [0.717, 1.165) is 0 Å². The lowest BCUT2D eigenvalue weighted by Gasteiger charge is -2.43. The van der Waals surface area contributed by atoms with Gasteiger partial charge in [0.1, 0.15) is 17.7 Å². The molecule has 2 bridgehead atoms. The molecule has 1 spiro atoms. The number of likely N-dealkylation sites (tertiary alicyclic amines) is 1. The normalized spacial score (nSPS) is 26.9. The summed E-state index contributed by atoms with van der Waals surface area (Å²) < 4.78 is 13.1. The van der Waals surface area contributed by atoms with Crippen LogP contribution in [0.1, 0.15) is 70.2 Å². The van der Waals surface area contributed by atoms with Gasteiger partial charge in [0.25, 0.3) is 0 Å². The van der Waals surface area contributed by atoms with Crippen LogP contribution in [0.25, 0.3) is 0 Å². The van der Waals surface area contributed by atoms with Crippen LogP contribution in [0.5, 0.6) is 0 Å². The zero-order chi connectivity index (χ0) is 37.2. The molecule has 0 saturated carbocycles. The van der Waals surface area contributed by atoms with Gasteiger partial charge in [0, 0.05) is 30.4 Å². The number of nitrogens with zero attached hydrogens (tertiary/aromatic N) is 3. The molecule has 3 amide bonds. The average Bonchev–Trinajstić information content (AvgIpc) is 3.71. The highest BCUT2D eigenvalue weighted by Crippen LogP contribution is 2.62. The van der Waals surface area contributed by atoms with Crippen LogP contribution in [0.3, 0.4) is 0 Å². The molecular formula is C40H50BrN3O7. The number of carbonyl (C=O) groups is 4. The number of benzene rings is 2. The maximum Gasteiger partial charge on any atom is 0.313 e. The molecule has 1 N–H and O–H groups in total. The van der Waals surface area contributed by atoms with Crippen molar-refractivity contribution in [1.82, 2.24) is 14.7 Å². The smallest absolute Gasteiger partial charge is 0.313 e. The highest BCUT2D eigenvalue weighted by atomic mass is 79.9. The van der Waals surface area contributed by atoms with Crippen LogP contribution < -0.4 is 0 Å². The molecule has 3 saturated heterocycles. The molecule has 51 heavy (non-hydrogen) atoms. The molecule has 10 nitrogen and oxygen atoms in total. The first-order valence-corrected chi connectivity index (χ1v) is 18.5. The lowest BCUT2D eigenvalue weighted by Crippen LogP contribution is -2.60. The molecule has 5 rings (SSSR count). The second-order valence-corrected chi connectivity index (χ2v) is 15.9. The first kappa shape index (κ1) is 38.4. The molecule has 9 atom stereocenters. The van der Waals surface area contributed by atoms with Crippen molar-refractivity contribution < 1.29 is 33.8 Å². The topological polar surface area (TPSA) is 117 Å². The highest BCUT2D eigenvalue weighted by Gasteiger charge is 2.78. The SMILES string of the molecule is C=CCCC(=O)N(C)[C@@H](C)[C@@H](OC(=O)[C@H]1[C@@H]2O[C@@]3(CC2Br)[C@@H]1C(=O)N([C@H](CO)c1ccccc1)[C@@H]3C(=O)N(CC=C)C(C)(C)C)c1ccccc1. The Hall–Kier alpha value is -3.80. The second-order valence-electron chi connectivity index (χ2n) is 14.8. The van der Waals surface area contributed by atoms with Crippen molar-refractivity contribution in [3.63, 3.8) is 0 Å². The number of halogens is 1. The third-order valence-electron chi connectivity index (χ3n) is 10.7. The number of likely N-dealkylation sites (N-methyl/N-ethyl adjacent to an activating group) is 1. The molecule has 3 aliphatic heterocycles. The highest BCUT2D eigenvalue weighted by molar-refractivity contribution is 9.09. The van der Waals surface area contributed by atoms with Gasteiger partial charge in [-0.25, -0.2) is 0 Å². The second kappa shape index (κ2) is 15.4. The number of alkyl halides is 1. The largest absolute Gasteiger partial charge is 0.455 e. The van der Waals surface area contributed by atoms with Crippen molar-refractivity contribution in [3.8, 4) is 0 Å². The van der Waals surface area contributed by atoms with E-state index in [1.807, 2.05) is 88.4 Å². The van der Waals surface area contributed by atoms with E-state index in [0.29, 0.717) is 24.0 Å². The fourth-order valence-electron chi connectivity index (χ4n) is 8.08. The maximum atomic E-state index is 15.0. The number of esters is 1. The van der Waals surface area contributed by atoms with Gasteiger partial charge in [-0.2, -0.15) is 0 Å². The molecular weight excluding hydrogens is 714 g/mol. The molecule has 274 valence electrons. The molecule has 3 fully saturated rings. The lowest BCUT2D eigenvalue weighted by molar-refractivity contribution is -0.165. The van der Waals surface area contributed by atoms with Crippen LogP contribution in [-0.4, -0.2) is 97.9 Å². The lowest BCUT2D eigenvalue weighted by atomic mass is 9.70. The minimum Gasteiger partial charge on any atom is -0.455 e. The fraction of sp³-hybridized carbons (Fsp3) is 0.500. The molecule has 1 unspecified atom stereocenters. The predicted octanol–water partition coefficient (Wildman–Crippen LogP) is 5.38. The number of carbonyl (C=O) groups excluding carboxylic acids is 4. The summed E-state index contributed by atoms with van der Waals surface area (Å²) in [6, 6.07) is 15.7. The van der Waals surface area contributed by atoms with Crippen LogP contribution in [-0.2, 0) is 28.7 Å². The quantitative estimate of drug-likeness (QED) is 0.156. The minimum absolute atomic E-state index is 0.121. The Balaban J connectivity index is 1.58. The Bertz CT molecular complexity index is 1610. The van der Waals surface area contributed by atoms with E-state index in [1.165, 1.54) is 4.90 Å². The summed E-state index contributed by atoms with van der Waals surface area (Å²) in [5, 5.41) is 10.9. The third kappa shape index (κ3) is 7.04. The van der Waals surface area contributed by atoms with Crippen LogP contribution in [0.15, 0.2) is 86.0 Å². The van der Waals surface area contributed by atoms with Gasteiger partial charge >= 0.3 is 5.97 Å². The van der Waals surface area contributed by atoms with E-state index in [-0.39, 0.29) is 29.6 Å². The standard InChI is InChI=1S/C40H50BrN3O7/c1-8-10-21-30(46)42(7)25(3)33(27-19-15-12-16-20-27)50-38(49)31-32-36(47)44(29(24-45)26-17-13-11-14-18-26)35(40(32)23-28(41)34(31)51-40)37(48)43(22-9-2)39(4,5)6/h8-9,11-20,25,28-29,31-35,45H,1-2,10,21-24H2,3-7H3/t25-,28?,29+,31+,32-,33+,34+,35+,40-/m0/s1. The third-order valence-corrected chi connectivity index (χ3v) is 11.5. The molecule has 11 heteroatoms. The summed E-state index contributed by atoms with van der Waals surface area (Å²) in [7, 11) is 1.68. The Kier molecular flexibility index (Phi) is 11.6. The zero-order valence-corrected chi connectivity index (χ0v) is 31.7. The number of aliphatic hydroxyl groups is 1. The molecule has 3 heterocycles. The zero-order valence-electron chi connectivity index (χ0n) is 30.1. The van der Waals surface area contributed by atoms with Crippen LogP contribution in [0, 0.1) is 11.8 Å². The maximum absolute atomic E-state index is 15.0. The Morgan fingerprint density at radius 2 is 1.69 bits per heavy atom. The Labute approximate surface area is 309 Å². The van der Waals surface area contributed by atoms with Crippen molar-refractivity contribution >= 4 is 39.6 Å². The van der Waals surface area contributed by atoms with E-state index in [4.69, 9.17) is 9.47 Å². The van der Waals surface area contributed by atoms with Gasteiger partial charge in [0.2, 0.25) is 17.7 Å². The van der Waals surface area contributed by atoms with Crippen molar-refractivity contribution in [1.29, 1.82) is 0 Å². The number of amides is 3. The molecule has 0 radical (unpaired) electrons. The van der Waals surface area contributed by atoms with Crippen molar-refractivity contribution in [2.24, 2.45) is 11.8 Å². The monoisotopic (exact) mass is 763 g/mol. The summed E-state index contributed by atoms with van der Waals surface area (Å²) in [5.41, 5.74) is -0.681. The molecule has 2 aromatic rings. The van der Waals surface area contributed by atoms with E-state index < -0.39 is 71.8 Å². The number of aliphatic hydroxyl groups excluding tert-OH is 1. The van der Waals surface area contributed by atoms with Gasteiger partial charge in [0.05, 0.1) is 36.6 Å². The summed E-state index contributed by atoms with van der Waals surface area (Å²) in [6.07, 6.45) is 2.79. The predicted molar refractivity (Wildman–Crippen MR) is 197 cm³/mol. The van der Waals surface area contributed by atoms with Gasteiger partial charge in [-0.3, -0.25) is 19.2 Å². The summed E-state index contributed by atoms with van der Waals surface area (Å²) in [6.45, 7) is 14.9. The summed E-state index contributed by atoms with van der Waals surface area (Å²) in [4.78, 5) is 61.9. The Morgan fingerprint density at radius 1 is 1.08 bits per heavy atom. The minimum atomic E-state index is -1.38. The number of hydrogen-bond donors (Lipinski definition) is 1. The average molecular weight is 765 g/mol. The van der Waals surface area contributed by atoms with Crippen LogP contribution >= 0.6 is 15.9 Å². The van der Waals surface area contributed by atoms with Gasteiger partial charge in [-0.05, 0) is 51.7 Å². The van der Waals surface area contributed by atoms with Crippen LogP contribution in [0.4, 0.5) is 0 Å². The molecule has 3 aliphatic rings. The van der Waals surface area contributed by atoms with Crippen molar-refractivity contribution in [3.05, 3.63) is 97.1 Å². The molecule has 0 aliphatic carbocycles. The number of ether oxygens (including phenoxy) is 2. The fourth-order valence-corrected chi connectivity index (χ4v) is 9.02. The summed E-state index contributed by atoms with van der Waals surface area (Å²) in [5.74, 6) is -3.69. The first-order chi connectivity index (χ1) is 24.2. The number of hydrogen-bond acceptors (Lipinski definition) is 7. The van der Waals surface area contributed by atoms with Crippen molar-refractivity contribution in [2.45, 2.75) is 93.3 Å². The van der Waals surface area contributed by atoms with E-state index >= 15 is 0 Å². The molecule has 2 aromatic carbocycles. The summed E-state index contributed by atoms with van der Waals surface area (Å²) >= 11 is 3.75. The molecule has 0 aromatic heterocycles. The first-order valence-electron chi connectivity index (χ1n) is 17.6. The number of fused-ring (bicyclic) bond motifs is 1. The van der Waals surface area contributed by atoms with Gasteiger partial charge < -0.3 is 29.3 Å². The van der Waals surface area contributed by atoms with Crippen molar-refractivity contribution in [2.75, 3.05) is 20.2 Å². The van der Waals surface area contributed by atoms with Crippen LogP contribution in [0.2, 0.25) is 0 Å². The Morgan fingerprint density at radius 3 is 2.24 bits per heavy atom. The van der Waals surface area contributed by atoms with E-state index in [9.17, 15) is 24.3 Å². The van der Waals surface area contributed by atoms with E-state index in [1.54, 1.807) is 29.0 Å². The van der Waals surface area contributed by atoms with Gasteiger partial charge in [-0.15, -0.1) is 13.2 Å². The van der Waals surface area contributed by atoms with Gasteiger partial charge in [0.15, 0.2) is 0 Å². The number of allylic oxidation sites excluding steroid dienone is 1. The van der Waals surface area contributed by atoms with Gasteiger partial charge in [-0.1, -0.05) is 88.7 Å². The van der Waals surface area contributed by atoms with E-state index in [2.05, 4.69) is 29.1 Å². The number of rotatable bonds is 14.